The van der Waals surface area contributed by atoms with E-state index in [1.54, 1.807) is 42.5 Å². The molecule has 0 heterocycles. The molecule has 0 aromatic heterocycles. The Morgan fingerprint density at radius 2 is 1.73 bits per heavy atom. The SMILES string of the molecule is CC(C)(C)c1cc(NC(=O)Cc2ccc(S(=O)(=O)CC3CC3)cc2)ccc1C(=O)NCCO. The number of sulfone groups is 1. The van der Waals surface area contributed by atoms with Gasteiger partial charge in [0.05, 0.1) is 23.7 Å². The number of benzene rings is 2. The van der Waals surface area contributed by atoms with Crippen LogP contribution in [0.15, 0.2) is 47.4 Å². The predicted octanol–water partition coefficient (Wildman–Crippen LogP) is 3.07. The first-order chi connectivity index (χ1) is 15.5. The molecule has 0 radical (unpaired) electrons. The topological polar surface area (TPSA) is 113 Å². The zero-order valence-corrected chi connectivity index (χ0v) is 20.2. The number of hydrogen-bond donors (Lipinski definition) is 3. The van der Waals surface area contributed by atoms with Crippen LogP contribution >= 0.6 is 0 Å². The first kappa shape index (κ1) is 24.9. The van der Waals surface area contributed by atoms with Crippen LogP contribution in [0.2, 0.25) is 0 Å². The van der Waals surface area contributed by atoms with E-state index >= 15 is 0 Å². The molecule has 8 heteroatoms. The van der Waals surface area contributed by atoms with Crippen LogP contribution in [0.25, 0.3) is 0 Å². The maximum absolute atomic E-state index is 12.6. The summed E-state index contributed by atoms with van der Waals surface area (Å²) in [5, 5.41) is 14.5. The highest BCUT2D eigenvalue weighted by atomic mass is 32.2. The maximum Gasteiger partial charge on any atom is 0.251 e. The van der Waals surface area contributed by atoms with Crippen LogP contribution in [-0.4, -0.2) is 44.2 Å². The van der Waals surface area contributed by atoms with Gasteiger partial charge in [-0.15, -0.1) is 0 Å². The molecule has 1 fully saturated rings. The van der Waals surface area contributed by atoms with Crippen molar-refractivity contribution >= 4 is 27.3 Å². The van der Waals surface area contributed by atoms with Gasteiger partial charge in [0.2, 0.25) is 5.91 Å². The average Bonchev–Trinajstić information content (AvgIpc) is 3.55. The smallest absolute Gasteiger partial charge is 0.251 e. The molecule has 0 aliphatic heterocycles. The number of carbonyl (C=O) groups excluding carboxylic acids is 2. The molecule has 0 bridgehead atoms. The van der Waals surface area contributed by atoms with E-state index in [1.165, 1.54) is 0 Å². The third kappa shape index (κ3) is 6.88. The second-order valence-corrected chi connectivity index (χ2v) is 11.6. The summed E-state index contributed by atoms with van der Waals surface area (Å²) in [5.74, 6) is -0.0353. The summed E-state index contributed by atoms with van der Waals surface area (Å²) in [7, 11) is -3.27. The number of anilines is 1. The standard InChI is InChI=1S/C25H32N2O5S/c1-25(2,3)22-15-19(8-11-21(22)24(30)26-12-13-28)27-23(29)14-17-6-9-20(10-7-17)33(31,32)16-18-4-5-18/h6-11,15,18,28H,4-5,12-14,16H2,1-3H3,(H,26,30)(H,27,29). The van der Waals surface area contributed by atoms with Crippen molar-refractivity contribution in [3.8, 4) is 0 Å². The zero-order valence-electron chi connectivity index (χ0n) is 19.3. The second-order valence-electron chi connectivity index (χ2n) is 9.58. The molecule has 1 saturated carbocycles. The van der Waals surface area contributed by atoms with Gasteiger partial charge in [-0.2, -0.15) is 0 Å². The number of aliphatic hydroxyl groups is 1. The van der Waals surface area contributed by atoms with Gasteiger partial charge in [0.1, 0.15) is 0 Å². The molecule has 2 aromatic rings. The van der Waals surface area contributed by atoms with E-state index in [2.05, 4.69) is 10.6 Å². The predicted molar refractivity (Wildman–Crippen MR) is 128 cm³/mol. The number of carbonyl (C=O) groups is 2. The van der Waals surface area contributed by atoms with Crippen molar-refractivity contribution in [2.24, 2.45) is 5.92 Å². The molecule has 0 spiro atoms. The lowest BCUT2D eigenvalue weighted by Crippen LogP contribution is -2.29. The first-order valence-corrected chi connectivity index (χ1v) is 12.8. The summed E-state index contributed by atoms with van der Waals surface area (Å²) >= 11 is 0. The van der Waals surface area contributed by atoms with Gasteiger partial charge in [0.15, 0.2) is 9.84 Å². The lowest BCUT2D eigenvalue weighted by Gasteiger charge is -2.23. The molecule has 33 heavy (non-hydrogen) atoms. The van der Waals surface area contributed by atoms with Crippen molar-refractivity contribution in [2.45, 2.75) is 50.3 Å². The Labute approximate surface area is 195 Å². The molecule has 178 valence electrons. The number of amides is 2. The molecular formula is C25H32N2O5S. The van der Waals surface area contributed by atoms with Gasteiger partial charge in [-0.1, -0.05) is 32.9 Å². The highest BCUT2D eigenvalue weighted by Crippen LogP contribution is 2.32. The van der Waals surface area contributed by atoms with Crippen LogP contribution in [0.1, 0.15) is 55.1 Å². The van der Waals surface area contributed by atoms with Gasteiger partial charge in [-0.25, -0.2) is 8.42 Å². The molecule has 2 amide bonds. The minimum Gasteiger partial charge on any atom is -0.395 e. The molecule has 7 nitrogen and oxygen atoms in total. The van der Waals surface area contributed by atoms with Gasteiger partial charge < -0.3 is 15.7 Å². The fourth-order valence-corrected chi connectivity index (χ4v) is 5.30. The van der Waals surface area contributed by atoms with Gasteiger partial charge in [0.25, 0.3) is 5.91 Å². The summed E-state index contributed by atoms with van der Waals surface area (Å²) in [6.45, 7) is 5.97. The van der Waals surface area contributed by atoms with E-state index in [1.807, 2.05) is 20.8 Å². The lowest BCUT2D eigenvalue weighted by atomic mass is 9.83. The van der Waals surface area contributed by atoms with Crippen LogP contribution in [-0.2, 0) is 26.5 Å². The Hall–Kier alpha value is -2.71. The van der Waals surface area contributed by atoms with Gasteiger partial charge >= 0.3 is 0 Å². The fraction of sp³-hybridized carbons (Fsp3) is 0.440. The minimum absolute atomic E-state index is 0.104. The van der Waals surface area contributed by atoms with Gasteiger partial charge in [0, 0.05) is 17.8 Å². The average molecular weight is 473 g/mol. The van der Waals surface area contributed by atoms with Crippen molar-refractivity contribution in [1.82, 2.24) is 5.32 Å². The van der Waals surface area contributed by atoms with E-state index in [0.29, 0.717) is 21.7 Å². The van der Waals surface area contributed by atoms with Gasteiger partial charge in [-0.3, -0.25) is 9.59 Å². The number of nitrogens with one attached hydrogen (secondary N) is 2. The summed E-state index contributed by atoms with van der Waals surface area (Å²) in [6, 6.07) is 11.6. The van der Waals surface area contributed by atoms with Crippen molar-refractivity contribution in [1.29, 1.82) is 0 Å². The summed E-state index contributed by atoms with van der Waals surface area (Å²) in [5.41, 5.74) is 2.23. The molecule has 3 N–H and O–H groups in total. The number of rotatable bonds is 9. The van der Waals surface area contributed by atoms with Crippen molar-refractivity contribution in [3.63, 3.8) is 0 Å². The Morgan fingerprint density at radius 1 is 1.06 bits per heavy atom. The van der Waals surface area contributed by atoms with Crippen molar-refractivity contribution in [3.05, 3.63) is 59.2 Å². The van der Waals surface area contributed by atoms with Crippen LogP contribution in [0, 0.1) is 5.92 Å². The molecule has 0 unspecified atom stereocenters. The highest BCUT2D eigenvalue weighted by Gasteiger charge is 2.29. The normalized spacial score (nSPS) is 14.1. The van der Waals surface area contributed by atoms with Crippen molar-refractivity contribution < 1.29 is 23.1 Å². The third-order valence-electron chi connectivity index (χ3n) is 5.55. The quantitative estimate of drug-likeness (QED) is 0.519. The summed E-state index contributed by atoms with van der Waals surface area (Å²) in [4.78, 5) is 25.4. The van der Waals surface area contributed by atoms with E-state index < -0.39 is 9.84 Å². The van der Waals surface area contributed by atoms with Crippen LogP contribution < -0.4 is 10.6 Å². The number of aliphatic hydroxyl groups excluding tert-OH is 1. The molecular weight excluding hydrogens is 440 g/mol. The third-order valence-corrected chi connectivity index (χ3v) is 7.45. The van der Waals surface area contributed by atoms with Crippen molar-refractivity contribution in [2.75, 3.05) is 24.2 Å². The maximum atomic E-state index is 12.6. The largest absolute Gasteiger partial charge is 0.395 e. The highest BCUT2D eigenvalue weighted by molar-refractivity contribution is 7.91. The molecule has 2 aromatic carbocycles. The minimum atomic E-state index is -3.27. The van der Waals surface area contributed by atoms with Gasteiger partial charge in [-0.05, 0) is 65.6 Å². The zero-order chi connectivity index (χ0) is 24.2. The van der Waals surface area contributed by atoms with Crippen LogP contribution in [0.4, 0.5) is 5.69 Å². The Bertz CT molecular complexity index is 1110. The fourth-order valence-electron chi connectivity index (χ4n) is 3.60. The second kappa shape index (κ2) is 10.1. The van der Waals surface area contributed by atoms with E-state index in [4.69, 9.17) is 5.11 Å². The summed E-state index contributed by atoms with van der Waals surface area (Å²) < 4.78 is 24.8. The molecule has 1 aliphatic rings. The summed E-state index contributed by atoms with van der Waals surface area (Å²) in [6.07, 6.45) is 2.05. The van der Waals surface area contributed by atoms with Crippen LogP contribution in [0.5, 0.6) is 0 Å². The Morgan fingerprint density at radius 3 is 2.30 bits per heavy atom. The first-order valence-electron chi connectivity index (χ1n) is 11.1. The van der Waals surface area contributed by atoms with E-state index in [0.717, 1.165) is 18.4 Å². The van der Waals surface area contributed by atoms with E-state index in [-0.39, 0.29) is 48.5 Å². The lowest BCUT2D eigenvalue weighted by molar-refractivity contribution is -0.115. The molecule has 3 rings (SSSR count). The molecule has 0 atom stereocenters. The Balaban J connectivity index is 1.69. The van der Waals surface area contributed by atoms with E-state index in [9.17, 15) is 18.0 Å². The molecule has 0 saturated heterocycles. The monoisotopic (exact) mass is 472 g/mol. The Kier molecular flexibility index (Phi) is 7.59. The molecule has 1 aliphatic carbocycles. The van der Waals surface area contributed by atoms with Crippen LogP contribution in [0.3, 0.4) is 0 Å². The number of hydrogen-bond acceptors (Lipinski definition) is 5.